The number of aromatic nitrogens is 6. The first-order valence-electron chi connectivity index (χ1n) is 7.58. The second-order valence-corrected chi connectivity index (χ2v) is 5.92. The van der Waals surface area contributed by atoms with Gasteiger partial charge in [0.2, 0.25) is 11.7 Å². The van der Waals surface area contributed by atoms with Crippen LogP contribution in [-0.4, -0.2) is 30.3 Å². The predicted octanol–water partition coefficient (Wildman–Crippen LogP) is 2.99. The lowest BCUT2D eigenvalue weighted by Crippen LogP contribution is -2.05. The summed E-state index contributed by atoms with van der Waals surface area (Å²) in [5.41, 5.74) is -0.538. The Bertz CT molecular complexity index is 855. The van der Waals surface area contributed by atoms with E-state index in [9.17, 15) is 13.2 Å². The number of hydrogen-bond acceptors (Lipinski definition) is 6. The zero-order chi connectivity index (χ0) is 18.0. The maximum Gasteiger partial charge on any atom is 0.416 e. The minimum atomic E-state index is -4.43. The van der Waals surface area contributed by atoms with Crippen molar-refractivity contribution in [2.75, 3.05) is 0 Å². The van der Waals surface area contributed by atoms with Gasteiger partial charge >= 0.3 is 6.18 Å². The van der Waals surface area contributed by atoms with Crippen LogP contribution in [0.3, 0.4) is 0 Å². The predicted molar refractivity (Wildman–Crippen MR) is 80.2 cm³/mol. The average Bonchev–Trinajstić information content (AvgIpc) is 3.16. The van der Waals surface area contributed by atoms with Crippen LogP contribution in [0.4, 0.5) is 13.2 Å². The van der Waals surface area contributed by atoms with Gasteiger partial charge in [0.05, 0.1) is 5.56 Å². The number of alkyl halides is 3. The van der Waals surface area contributed by atoms with E-state index in [2.05, 4.69) is 25.6 Å². The van der Waals surface area contributed by atoms with Gasteiger partial charge in [0.25, 0.3) is 0 Å². The van der Waals surface area contributed by atoms with Gasteiger partial charge in [0.1, 0.15) is 6.54 Å². The van der Waals surface area contributed by atoms with Crippen molar-refractivity contribution in [2.24, 2.45) is 5.92 Å². The molecule has 0 aliphatic carbocycles. The highest BCUT2D eigenvalue weighted by molar-refractivity contribution is 5.55. The first-order chi connectivity index (χ1) is 11.8. The molecule has 0 amide bonds. The highest BCUT2D eigenvalue weighted by Gasteiger charge is 2.30. The maximum absolute atomic E-state index is 12.8. The molecular formula is C15H15F3N6O. The van der Waals surface area contributed by atoms with Gasteiger partial charge in [-0.1, -0.05) is 31.1 Å². The zero-order valence-electron chi connectivity index (χ0n) is 13.5. The molecule has 1 aromatic carbocycles. The topological polar surface area (TPSA) is 82.5 Å². The van der Waals surface area contributed by atoms with E-state index < -0.39 is 11.7 Å². The van der Waals surface area contributed by atoms with Gasteiger partial charge in [-0.05, 0) is 23.3 Å². The van der Waals surface area contributed by atoms with E-state index in [0.717, 1.165) is 12.1 Å². The normalized spacial score (nSPS) is 12.1. The van der Waals surface area contributed by atoms with Crippen LogP contribution in [0.15, 0.2) is 28.8 Å². The lowest BCUT2D eigenvalue weighted by Gasteiger charge is -2.06. The minimum Gasteiger partial charge on any atom is -0.337 e. The highest BCUT2D eigenvalue weighted by atomic mass is 19.4. The molecule has 0 saturated heterocycles. The van der Waals surface area contributed by atoms with Crippen molar-refractivity contribution in [3.8, 4) is 11.4 Å². The molecule has 7 nitrogen and oxygen atoms in total. The van der Waals surface area contributed by atoms with Gasteiger partial charge in [0.15, 0.2) is 5.82 Å². The van der Waals surface area contributed by atoms with E-state index in [1.807, 2.05) is 13.8 Å². The van der Waals surface area contributed by atoms with Crippen LogP contribution in [0, 0.1) is 5.92 Å². The van der Waals surface area contributed by atoms with Crippen LogP contribution >= 0.6 is 0 Å². The number of hydrogen-bond donors (Lipinski definition) is 0. The zero-order valence-corrected chi connectivity index (χ0v) is 13.5. The van der Waals surface area contributed by atoms with Crippen molar-refractivity contribution in [2.45, 2.75) is 33.0 Å². The van der Waals surface area contributed by atoms with Crippen LogP contribution in [0.2, 0.25) is 0 Å². The summed E-state index contributed by atoms with van der Waals surface area (Å²) in [6.07, 6.45) is -3.74. The number of tetrazole rings is 1. The minimum absolute atomic E-state index is 0.0908. The Hall–Kier alpha value is -2.78. The van der Waals surface area contributed by atoms with Crippen LogP contribution in [0.1, 0.15) is 31.1 Å². The van der Waals surface area contributed by atoms with Crippen LogP contribution < -0.4 is 0 Å². The van der Waals surface area contributed by atoms with Crippen LogP contribution in [0.5, 0.6) is 0 Å². The number of benzene rings is 1. The molecule has 25 heavy (non-hydrogen) atoms. The molecule has 0 bridgehead atoms. The summed E-state index contributed by atoms with van der Waals surface area (Å²) in [6.45, 7) is 4.17. The molecular weight excluding hydrogens is 337 g/mol. The second kappa shape index (κ2) is 6.61. The van der Waals surface area contributed by atoms with E-state index in [-0.39, 0.29) is 17.9 Å². The first-order valence-corrected chi connectivity index (χ1v) is 7.58. The molecule has 0 atom stereocenters. The van der Waals surface area contributed by atoms with E-state index >= 15 is 0 Å². The Balaban J connectivity index is 1.75. The third-order valence-electron chi connectivity index (χ3n) is 3.28. The van der Waals surface area contributed by atoms with Gasteiger partial charge in [-0.15, -0.1) is 10.2 Å². The van der Waals surface area contributed by atoms with Gasteiger partial charge in [-0.2, -0.15) is 23.0 Å². The maximum atomic E-state index is 12.8. The number of halogens is 3. The number of nitrogens with zero attached hydrogens (tertiary/aromatic N) is 6. The van der Waals surface area contributed by atoms with Gasteiger partial charge in [0, 0.05) is 12.0 Å². The molecule has 10 heteroatoms. The first kappa shape index (κ1) is 17.1. The molecule has 2 heterocycles. The van der Waals surface area contributed by atoms with E-state index in [1.165, 1.54) is 16.9 Å². The Labute approximate surface area is 140 Å². The summed E-state index contributed by atoms with van der Waals surface area (Å²) in [7, 11) is 0. The molecule has 0 fully saturated rings. The Morgan fingerprint density at radius 2 is 2.04 bits per heavy atom. The molecule has 2 aromatic heterocycles. The number of rotatable bonds is 5. The molecule has 0 radical (unpaired) electrons. The van der Waals surface area contributed by atoms with Crippen molar-refractivity contribution in [3.05, 3.63) is 41.5 Å². The second-order valence-electron chi connectivity index (χ2n) is 5.92. The fourth-order valence-corrected chi connectivity index (χ4v) is 2.18. The Kier molecular flexibility index (Phi) is 4.51. The van der Waals surface area contributed by atoms with Crippen molar-refractivity contribution in [1.82, 2.24) is 30.3 Å². The summed E-state index contributed by atoms with van der Waals surface area (Å²) in [4.78, 5) is 5.42. The third-order valence-corrected chi connectivity index (χ3v) is 3.28. The lowest BCUT2D eigenvalue weighted by molar-refractivity contribution is -0.137. The summed E-state index contributed by atoms with van der Waals surface area (Å²) >= 11 is 0. The van der Waals surface area contributed by atoms with Gasteiger partial charge in [-0.3, -0.25) is 0 Å². The molecule has 0 unspecified atom stereocenters. The molecule has 0 saturated carbocycles. The Morgan fingerprint density at radius 1 is 1.24 bits per heavy atom. The fourth-order valence-electron chi connectivity index (χ4n) is 2.18. The molecule has 132 valence electrons. The molecule has 3 aromatic rings. The van der Waals surface area contributed by atoms with E-state index in [0.29, 0.717) is 24.1 Å². The van der Waals surface area contributed by atoms with Crippen molar-refractivity contribution in [3.63, 3.8) is 0 Å². The molecule has 0 aliphatic heterocycles. The highest BCUT2D eigenvalue weighted by Crippen LogP contribution is 2.31. The van der Waals surface area contributed by atoms with Gasteiger partial charge in [-0.25, -0.2) is 0 Å². The van der Waals surface area contributed by atoms with Crippen molar-refractivity contribution >= 4 is 0 Å². The monoisotopic (exact) mass is 352 g/mol. The molecule has 3 rings (SSSR count). The molecule has 0 spiro atoms. The van der Waals surface area contributed by atoms with Crippen LogP contribution in [0.25, 0.3) is 11.4 Å². The van der Waals surface area contributed by atoms with E-state index in [1.54, 1.807) is 0 Å². The molecule has 0 N–H and O–H groups in total. The van der Waals surface area contributed by atoms with Gasteiger partial charge < -0.3 is 4.52 Å². The summed E-state index contributed by atoms with van der Waals surface area (Å²) < 4.78 is 43.4. The third kappa shape index (κ3) is 4.20. The van der Waals surface area contributed by atoms with E-state index in [4.69, 9.17) is 4.52 Å². The van der Waals surface area contributed by atoms with Crippen LogP contribution in [-0.2, 0) is 19.1 Å². The fraction of sp³-hybridized carbons (Fsp3) is 0.400. The van der Waals surface area contributed by atoms with Crippen molar-refractivity contribution in [1.29, 1.82) is 0 Å². The molecule has 0 aliphatic rings. The summed E-state index contributed by atoms with van der Waals surface area (Å²) in [6, 6.07) is 4.76. The summed E-state index contributed by atoms with van der Waals surface area (Å²) in [5, 5.41) is 15.5. The largest absolute Gasteiger partial charge is 0.416 e. The quantitative estimate of drug-likeness (QED) is 0.702. The summed E-state index contributed by atoms with van der Waals surface area (Å²) in [5.74, 6) is 1.38. The SMILES string of the molecule is CC(C)Cc1noc(Cn2nnc(-c3cccc(C(F)(F)F)c3)n2)n1. The lowest BCUT2D eigenvalue weighted by atomic mass is 10.1. The Morgan fingerprint density at radius 3 is 2.76 bits per heavy atom. The van der Waals surface area contributed by atoms with Crippen molar-refractivity contribution < 1.29 is 17.7 Å². The standard InChI is InChI=1S/C15H15F3N6O/c1-9(2)6-12-19-13(25-22-12)8-24-21-14(20-23-24)10-4-3-5-11(7-10)15(16,17)18/h3-5,7,9H,6,8H2,1-2H3. The smallest absolute Gasteiger partial charge is 0.337 e. The average molecular weight is 352 g/mol.